The van der Waals surface area contributed by atoms with E-state index in [4.69, 9.17) is 9.47 Å². The van der Waals surface area contributed by atoms with Crippen LogP contribution in [0.3, 0.4) is 0 Å². The highest BCUT2D eigenvalue weighted by molar-refractivity contribution is 5.72. The van der Waals surface area contributed by atoms with Crippen LogP contribution in [0.1, 0.15) is 44.7 Å². The Balaban J connectivity index is 1.71. The van der Waals surface area contributed by atoms with Gasteiger partial charge in [0.25, 0.3) is 5.56 Å². The lowest BCUT2D eigenvalue weighted by molar-refractivity contribution is -0.114. The Morgan fingerprint density at radius 2 is 1.86 bits per heavy atom. The van der Waals surface area contributed by atoms with E-state index in [9.17, 15) is 14.4 Å². The van der Waals surface area contributed by atoms with Crippen molar-refractivity contribution in [3.05, 3.63) is 85.3 Å². The number of aryl methyl sites for hydroxylation is 1. The van der Waals surface area contributed by atoms with Gasteiger partial charge in [-0.25, -0.2) is 9.18 Å². The highest BCUT2D eigenvalue weighted by Crippen LogP contribution is 2.32. The molecule has 15 heteroatoms. The summed E-state index contributed by atoms with van der Waals surface area (Å²) in [5, 5.41) is 9.46. The average molecular weight is 674 g/mol. The number of hydrogen-bond donors (Lipinski definition) is 3. The number of methoxy groups -OCH3 is 1. The van der Waals surface area contributed by atoms with E-state index in [-0.39, 0.29) is 46.1 Å². The van der Waals surface area contributed by atoms with Crippen molar-refractivity contribution in [3.8, 4) is 17.7 Å². The van der Waals surface area contributed by atoms with Crippen molar-refractivity contribution in [2.45, 2.75) is 46.1 Å². The Hall–Kier alpha value is -5.57. The summed E-state index contributed by atoms with van der Waals surface area (Å²) < 4.78 is 28.7. The first-order valence-corrected chi connectivity index (χ1v) is 15.8. The Morgan fingerprint density at radius 1 is 1.10 bits per heavy atom. The van der Waals surface area contributed by atoms with Crippen LogP contribution in [-0.4, -0.2) is 69.8 Å². The number of benzene rings is 2. The minimum absolute atomic E-state index is 0.0240. The number of hydrogen-bond acceptors (Lipinski definition) is 11. The van der Waals surface area contributed by atoms with Gasteiger partial charge in [0, 0.05) is 18.8 Å². The molecule has 49 heavy (non-hydrogen) atoms. The molecule has 0 radical (unpaired) electrons. The van der Waals surface area contributed by atoms with Crippen molar-refractivity contribution < 1.29 is 18.7 Å². The second kappa shape index (κ2) is 15.1. The minimum atomic E-state index is -0.586. The van der Waals surface area contributed by atoms with E-state index in [0.717, 1.165) is 13.0 Å². The molecule has 0 spiro atoms. The molecule has 2 heterocycles. The molecule has 1 amide bonds. The Kier molecular flexibility index (Phi) is 10.7. The number of anilines is 3. The van der Waals surface area contributed by atoms with Crippen molar-refractivity contribution >= 4 is 35.1 Å². The number of nitrogens with zero attached hydrogens (tertiary/aromatic N) is 6. The normalized spacial score (nSPS) is 13.0. The molecule has 2 aromatic carbocycles. The fraction of sp³-hybridized carbons (Fsp3) is 0.353. The summed E-state index contributed by atoms with van der Waals surface area (Å²) in [6.45, 7) is 6.42. The largest absolute Gasteiger partial charge is 0.467 e. The van der Waals surface area contributed by atoms with Gasteiger partial charge in [-0.05, 0) is 89.5 Å². The van der Waals surface area contributed by atoms with Crippen molar-refractivity contribution in [2.75, 3.05) is 45.0 Å². The van der Waals surface area contributed by atoms with Gasteiger partial charge in [-0.2, -0.15) is 9.97 Å². The maximum absolute atomic E-state index is 15.1. The van der Waals surface area contributed by atoms with Crippen molar-refractivity contribution in [2.24, 2.45) is 0 Å². The molecule has 258 valence electrons. The lowest BCUT2D eigenvalue weighted by Crippen LogP contribution is -2.60. The zero-order valence-corrected chi connectivity index (χ0v) is 28.3. The van der Waals surface area contributed by atoms with Crippen LogP contribution < -0.4 is 47.2 Å². The fourth-order valence-electron chi connectivity index (χ4n) is 5.25. The maximum atomic E-state index is 15.1. The first-order valence-electron chi connectivity index (χ1n) is 15.8. The molecule has 1 aliphatic rings. The molecule has 14 nitrogen and oxygen atoms in total. The van der Waals surface area contributed by atoms with Gasteiger partial charge < -0.3 is 30.3 Å². The van der Waals surface area contributed by atoms with Gasteiger partial charge >= 0.3 is 17.7 Å². The Bertz CT molecular complexity index is 2110. The highest BCUT2D eigenvalue weighted by Gasteiger charge is 2.30. The topological polar surface area (TPSA) is 158 Å². The molecule has 1 aliphatic carbocycles. The summed E-state index contributed by atoms with van der Waals surface area (Å²) in [4.78, 5) is 54.7. The molecular weight excluding hydrogens is 633 g/mol. The number of rotatable bonds is 14. The van der Waals surface area contributed by atoms with Gasteiger partial charge in [-0.1, -0.05) is 17.7 Å². The number of carbonyl (C=O) groups is 1. The SMILES string of the molecule is CNCCCOc1nc(Nc2cccc(-n3c(=C(C)C)/c(=C(/Nc4ccc(C)cc4F)N(C)C=O)c(=O)n(C4CC4)c3=O)c2)nc(OC)n1. The lowest BCUT2D eigenvalue weighted by Gasteiger charge is -2.21. The zero-order valence-electron chi connectivity index (χ0n) is 28.3. The van der Waals surface area contributed by atoms with E-state index in [1.165, 1.54) is 40.3 Å². The molecule has 0 aliphatic heterocycles. The van der Waals surface area contributed by atoms with Crippen LogP contribution in [0.2, 0.25) is 0 Å². The van der Waals surface area contributed by atoms with E-state index in [1.54, 1.807) is 51.1 Å². The molecule has 3 N–H and O–H groups in total. The van der Waals surface area contributed by atoms with Gasteiger partial charge in [-0.3, -0.25) is 18.7 Å². The predicted molar refractivity (Wildman–Crippen MR) is 184 cm³/mol. The van der Waals surface area contributed by atoms with E-state index in [2.05, 4.69) is 30.9 Å². The van der Waals surface area contributed by atoms with Gasteiger partial charge in [-0.15, -0.1) is 4.98 Å². The Labute approximate surface area is 281 Å². The van der Waals surface area contributed by atoms with E-state index < -0.39 is 17.1 Å². The van der Waals surface area contributed by atoms with Crippen molar-refractivity contribution in [3.63, 3.8) is 0 Å². The first-order chi connectivity index (χ1) is 23.6. The van der Waals surface area contributed by atoms with E-state index in [1.807, 2.05) is 7.05 Å². The summed E-state index contributed by atoms with van der Waals surface area (Å²) >= 11 is 0. The molecular formula is C34H40FN9O5. The van der Waals surface area contributed by atoms with Crippen LogP contribution in [0.15, 0.2) is 52.1 Å². The smallest absolute Gasteiger partial charge is 0.336 e. The summed E-state index contributed by atoms with van der Waals surface area (Å²) in [7, 11) is 4.74. The molecule has 5 rings (SSSR count). The van der Waals surface area contributed by atoms with E-state index >= 15 is 4.39 Å². The van der Waals surface area contributed by atoms with Crippen LogP contribution in [0.25, 0.3) is 17.1 Å². The third-order valence-corrected chi connectivity index (χ3v) is 7.74. The molecule has 0 unspecified atom stereocenters. The van der Waals surface area contributed by atoms with Crippen LogP contribution in [0.5, 0.6) is 12.0 Å². The van der Waals surface area contributed by atoms with Crippen LogP contribution >= 0.6 is 0 Å². The quantitative estimate of drug-likeness (QED) is 0.133. The van der Waals surface area contributed by atoms with E-state index in [0.29, 0.717) is 48.4 Å². The molecule has 1 saturated carbocycles. The molecule has 2 aromatic heterocycles. The number of nitrogens with one attached hydrogen (secondary N) is 3. The lowest BCUT2D eigenvalue weighted by atomic mass is 10.2. The molecule has 0 bridgehead atoms. The average Bonchev–Trinajstić information content (AvgIpc) is 3.91. The second-order valence-electron chi connectivity index (χ2n) is 11.8. The van der Waals surface area contributed by atoms with Gasteiger partial charge in [0.1, 0.15) is 16.9 Å². The standard InChI is InChI=1S/C34H40FN9O5/c1-20(2)28-27(29(42(5)19-45)38-26-14-11-21(3)17-25(26)35)30(46)44(23-12-13-23)34(47)43(28)24-10-7-9-22(18-24)37-31-39-32(48-6)41-33(40-31)49-16-8-15-36-4/h7,9-11,14,17-19,23,36,38H,8,12-13,15-16H2,1-6H3,(H,37,39,40,41)/b29-27+. The van der Waals surface area contributed by atoms with Crippen LogP contribution in [0, 0.1) is 12.7 Å². The summed E-state index contributed by atoms with van der Waals surface area (Å²) in [5.41, 5.74) is 1.17. The number of amides is 1. The molecule has 4 aromatic rings. The fourth-order valence-corrected chi connectivity index (χ4v) is 5.25. The molecule has 1 fully saturated rings. The predicted octanol–water partition coefficient (Wildman–Crippen LogP) is 2.16. The molecule has 0 atom stereocenters. The summed E-state index contributed by atoms with van der Waals surface area (Å²) in [6, 6.07) is 11.3. The first kappa shape index (κ1) is 34.8. The van der Waals surface area contributed by atoms with Crippen LogP contribution in [0.4, 0.5) is 21.7 Å². The van der Waals surface area contributed by atoms with Crippen molar-refractivity contribution in [1.29, 1.82) is 0 Å². The summed E-state index contributed by atoms with van der Waals surface area (Å²) in [6.07, 6.45) is 2.54. The van der Waals surface area contributed by atoms with Gasteiger partial charge in [0.2, 0.25) is 12.4 Å². The number of carbonyl (C=O) groups excluding carboxylic acids is 1. The molecule has 0 saturated heterocycles. The maximum Gasteiger partial charge on any atom is 0.336 e. The van der Waals surface area contributed by atoms with Gasteiger partial charge in [0.15, 0.2) is 0 Å². The third-order valence-electron chi connectivity index (χ3n) is 7.74. The highest BCUT2D eigenvalue weighted by atomic mass is 19.1. The zero-order chi connectivity index (χ0) is 35.2. The number of aromatic nitrogens is 5. The third kappa shape index (κ3) is 7.78. The number of ether oxygens (including phenoxy) is 2. The monoisotopic (exact) mass is 673 g/mol. The van der Waals surface area contributed by atoms with Gasteiger partial charge in [0.05, 0.1) is 30.4 Å². The number of halogens is 1. The second-order valence-corrected chi connectivity index (χ2v) is 11.8. The van der Waals surface area contributed by atoms with Crippen molar-refractivity contribution in [1.82, 2.24) is 34.3 Å². The summed E-state index contributed by atoms with van der Waals surface area (Å²) in [5.74, 6) is -0.392. The van der Waals surface area contributed by atoms with Crippen LogP contribution in [-0.2, 0) is 4.79 Å². The Morgan fingerprint density at radius 3 is 2.51 bits per heavy atom. The minimum Gasteiger partial charge on any atom is -0.467 e.